The van der Waals surface area contributed by atoms with Crippen LogP contribution in [0.5, 0.6) is 0 Å². The molecule has 1 aliphatic carbocycles. The Kier molecular flexibility index (Phi) is 13.3. The lowest BCUT2D eigenvalue weighted by atomic mass is 9.78. The van der Waals surface area contributed by atoms with Crippen LogP contribution in [-0.4, -0.2) is 58.8 Å². The summed E-state index contributed by atoms with van der Waals surface area (Å²) in [7, 11) is 0. The van der Waals surface area contributed by atoms with Gasteiger partial charge in [-0.25, -0.2) is 0 Å². The average Bonchev–Trinajstić information content (AvgIpc) is 3.59. The molecule has 0 saturated heterocycles. The summed E-state index contributed by atoms with van der Waals surface area (Å²) >= 11 is 0. The van der Waals surface area contributed by atoms with Crippen molar-refractivity contribution in [2.45, 2.75) is 89.1 Å². The number of halogens is 3. The first-order valence-corrected chi connectivity index (χ1v) is 17.1. The van der Waals surface area contributed by atoms with E-state index in [9.17, 15) is 42.3 Å². The molecule has 2 unspecified atom stereocenters. The summed E-state index contributed by atoms with van der Waals surface area (Å²) in [6, 6.07) is 22.8. The van der Waals surface area contributed by atoms with E-state index in [-0.39, 0.29) is 18.6 Å². The van der Waals surface area contributed by atoms with Crippen LogP contribution in [0, 0.1) is 11.3 Å². The van der Waals surface area contributed by atoms with Crippen molar-refractivity contribution < 1.29 is 42.3 Å². The highest BCUT2D eigenvalue weighted by molar-refractivity contribution is 6.01. The van der Waals surface area contributed by atoms with Crippen LogP contribution in [0.3, 0.4) is 0 Å². The van der Waals surface area contributed by atoms with Crippen molar-refractivity contribution in [3.05, 3.63) is 96.1 Å². The molecule has 0 heterocycles. The molecule has 1 fully saturated rings. The summed E-state index contributed by atoms with van der Waals surface area (Å²) in [5.74, 6) is -4.17. The van der Waals surface area contributed by atoms with Gasteiger partial charge in [-0.05, 0) is 42.4 Å². The third-order valence-corrected chi connectivity index (χ3v) is 9.53. The number of alkyl halides is 3. The van der Waals surface area contributed by atoms with Gasteiger partial charge in [-0.3, -0.25) is 24.0 Å². The average molecular weight is 708 g/mol. The van der Waals surface area contributed by atoms with E-state index in [1.54, 1.807) is 42.5 Å². The van der Waals surface area contributed by atoms with E-state index in [1.807, 2.05) is 42.5 Å². The zero-order valence-electron chi connectivity index (χ0n) is 28.5. The van der Waals surface area contributed by atoms with Gasteiger partial charge in [-0.15, -0.1) is 0 Å². The lowest BCUT2D eigenvalue weighted by Gasteiger charge is -2.30. The summed E-state index contributed by atoms with van der Waals surface area (Å²) in [5, 5.41) is 14.8. The normalized spacial score (nSPS) is 16.3. The van der Waals surface area contributed by atoms with Gasteiger partial charge in [0.25, 0.3) is 0 Å². The molecule has 1 saturated carbocycles. The SMILES string of the molecule is C[C@H](CC(=O)[C@H](Cc1ccccc1)NC(=O)C1(CC(=O)c2ccc(-c3ccccc3)cc2)CCCC1)C(=O)NC(CCC(N)=O)C(O)C(F)(F)F. The predicted octanol–water partition coefficient (Wildman–Crippen LogP) is 5.48. The molecule has 5 N–H and O–H groups in total. The van der Waals surface area contributed by atoms with Crippen LogP contribution >= 0.6 is 0 Å². The van der Waals surface area contributed by atoms with Gasteiger partial charge >= 0.3 is 6.18 Å². The van der Waals surface area contributed by atoms with E-state index in [2.05, 4.69) is 10.6 Å². The zero-order valence-corrected chi connectivity index (χ0v) is 28.5. The third-order valence-electron chi connectivity index (χ3n) is 9.53. The minimum Gasteiger partial charge on any atom is -0.382 e. The number of Topliss-reactive ketones (excluding diaryl/α,β-unsaturated/α-hetero) is 2. The Morgan fingerprint density at radius 2 is 1.41 bits per heavy atom. The number of carbonyl (C=O) groups excluding carboxylic acids is 5. The Labute approximate surface area is 295 Å². The summed E-state index contributed by atoms with van der Waals surface area (Å²) in [4.78, 5) is 65.6. The molecule has 0 radical (unpaired) electrons. The zero-order chi connectivity index (χ0) is 37.2. The highest BCUT2D eigenvalue weighted by Crippen LogP contribution is 2.42. The monoisotopic (exact) mass is 707 g/mol. The molecule has 0 spiro atoms. The lowest BCUT2D eigenvalue weighted by Crippen LogP contribution is -2.52. The number of hydrogen-bond donors (Lipinski definition) is 4. The molecule has 0 aromatic heterocycles. The second-order valence-electron chi connectivity index (χ2n) is 13.4. The fourth-order valence-corrected chi connectivity index (χ4v) is 6.53. The van der Waals surface area contributed by atoms with E-state index < -0.39 is 78.5 Å². The van der Waals surface area contributed by atoms with Gasteiger partial charge in [0.15, 0.2) is 17.7 Å². The van der Waals surface area contributed by atoms with Crippen LogP contribution in [0.1, 0.15) is 74.2 Å². The van der Waals surface area contributed by atoms with E-state index in [4.69, 9.17) is 5.73 Å². The molecule has 9 nitrogen and oxygen atoms in total. The largest absolute Gasteiger partial charge is 0.416 e. The molecule has 0 aliphatic heterocycles. The smallest absolute Gasteiger partial charge is 0.382 e. The molecular weight excluding hydrogens is 663 g/mol. The van der Waals surface area contributed by atoms with E-state index in [1.165, 1.54) is 6.92 Å². The lowest BCUT2D eigenvalue weighted by molar-refractivity contribution is -0.213. The van der Waals surface area contributed by atoms with Gasteiger partial charge in [0, 0.05) is 30.7 Å². The molecule has 4 rings (SSSR count). The van der Waals surface area contributed by atoms with Crippen LogP contribution in [0.4, 0.5) is 13.2 Å². The molecule has 1 aliphatic rings. The van der Waals surface area contributed by atoms with Gasteiger partial charge in [-0.1, -0.05) is 105 Å². The minimum absolute atomic E-state index is 0.0528. The Bertz CT molecular complexity index is 1660. The highest BCUT2D eigenvalue weighted by atomic mass is 19.4. The number of hydrogen-bond acceptors (Lipinski definition) is 6. The fourth-order valence-electron chi connectivity index (χ4n) is 6.53. The molecule has 3 aromatic carbocycles. The number of nitrogens with one attached hydrogen (secondary N) is 2. The van der Waals surface area contributed by atoms with Crippen LogP contribution < -0.4 is 16.4 Å². The minimum atomic E-state index is -5.08. The number of primary amides is 1. The van der Waals surface area contributed by atoms with E-state index in [0.717, 1.165) is 29.5 Å². The Balaban J connectivity index is 1.48. The molecule has 272 valence electrons. The van der Waals surface area contributed by atoms with Crippen molar-refractivity contribution >= 4 is 29.3 Å². The summed E-state index contributed by atoms with van der Waals surface area (Å²) in [5.41, 5.74) is 7.17. The number of nitrogens with two attached hydrogens (primary N) is 1. The molecule has 51 heavy (non-hydrogen) atoms. The van der Waals surface area contributed by atoms with Crippen molar-refractivity contribution in [2.24, 2.45) is 17.1 Å². The number of carbonyl (C=O) groups is 5. The van der Waals surface area contributed by atoms with Crippen LogP contribution in [0.15, 0.2) is 84.9 Å². The van der Waals surface area contributed by atoms with E-state index in [0.29, 0.717) is 18.4 Å². The molecule has 3 amide bonds. The third kappa shape index (κ3) is 10.8. The Morgan fingerprint density at radius 3 is 1.98 bits per heavy atom. The van der Waals surface area contributed by atoms with Gasteiger partial charge in [0.2, 0.25) is 17.7 Å². The summed E-state index contributed by atoms with van der Waals surface area (Å²) < 4.78 is 39.9. The maximum Gasteiger partial charge on any atom is 0.416 e. The topological polar surface area (TPSA) is 156 Å². The summed E-state index contributed by atoms with van der Waals surface area (Å²) in [6.45, 7) is 1.35. The van der Waals surface area contributed by atoms with Crippen molar-refractivity contribution in [3.8, 4) is 11.1 Å². The maximum absolute atomic E-state index is 14.1. The first kappa shape index (κ1) is 39.0. The van der Waals surface area contributed by atoms with Crippen LogP contribution in [-0.2, 0) is 25.6 Å². The number of aliphatic hydroxyl groups excluding tert-OH is 1. The maximum atomic E-state index is 14.1. The van der Waals surface area contributed by atoms with Crippen molar-refractivity contribution in [1.29, 1.82) is 0 Å². The fraction of sp³-hybridized carbons (Fsp3) is 0.410. The van der Waals surface area contributed by atoms with Crippen molar-refractivity contribution in [1.82, 2.24) is 10.6 Å². The van der Waals surface area contributed by atoms with Crippen molar-refractivity contribution in [2.75, 3.05) is 0 Å². The van der Waals surface area contributed by atoms with Gasteiger partial charge in [-0.2, -0.15) is 13.2 Å². The standard InChI is InChI=1S/C39H44F3N3O6/c1-25(36(50)44-30(18-19-34(43)48)35(49)39(40,41)42)22-32(46)31(23-26-10-4-2-5-11-26)45-37(51)38(20-8-9-21-38)24-33(47)29-16-14-28(15-17-29)27-12-6-3-7-13-27/h2-7,10-17,25,30-31,35,49H,8-9,18-24H2,1H3,(H2,43,48)(H,44,50)(H,45,51)/t25-,30?,31+,35?/m1/s1. The second kappa shape index (κ2) is 17.4. The summed E-state index contributed by atoms with van der Waals surface area (Å²) in [6.07, 6.45) is -7.17. The second-order valence-corrected chi connectivity index (χ2v) is 13.4. The van der Waals surface area contributed by atoms with Gasteiger partial charge in [0.1, 0.15) is 0 Å². The number of amides is 3. The van der Waals surface area contributed by atoms with E-state index >= 15 is 0 Å². The van der Waals surface area contributed by atoms with Gasteiger partial charge < -0.3 is 21.5 Å². The first-order valence-electron chi connectivity index (χ1n) is 17.1. The number of aliphatic hydroxyl groups is 1. The number of rotatable bonds is 17. The van der Waals surface area contributed by atoms with Crippen LogP contribution in [0.25, 0.3) is 11.1 Å². The molecule has 0 bridgehead atoms. The molecular formula is C39H44F3N3O6. The predicted molar refractivity (Wildman–Crippen MR) is 185 cm³/mol. The van der Waals surface area contributed by atoms with Gasteiger partial charge in [0.05, 0.1) is 17.5 Å². The molecule has 12 heteroatoms. The quantitative estimate of drug-likeness (QED) is 0.136. The highest BCUT2D eigenvalue weighted by Gasteiger charge is 2.45. The van der Waals surface area contributed by atoms with Crippen LogP contribution in [0.2, 0.25) is 0 Å². The molecule has 3 aromatic rings. The van der Waals surface area contributed by atoms with Crippen molar-refractivity contribution in [3.63, 3.8) is 0 Å². The number of benzene rings is 3. The first-order chi connectivity index (χ1) is 24.2. The Hall–Kier alpha value is -4.84. The number of ketones is 2. The molecule has 4 atom stereocenters. The Morgan fingerprint density at radius 1 is 0.843 bits per heavy atom.